The zero-order valence-corrected chi connectivity index (χ0v) is 16.1. The Kier molecular flexibility index (Phi) is 6.07. The topological polar surface area (TPSA) is 54.9 Å². The standard InChI is InChI=1S/C18H13BrClN3OS/c19-13-7-5-12(6-8-13)15-9-10-18(23-22-15)25-11-17(24)21-16-4-2-1-3-14(16)20/h1-10H,11H2,(H,21,24). The maximum Gasteiger partial charge on any atom is 0.234 e. The molecular weight excluding hydrogens is 422 g/mol. The molecule has 0 aliphatic rings. The average molecular weight is 435 g/mol. The van der Waals surface area contributed by atoms with Crippen molar-refractivity contribution in [2.75, 3.05) is 11.1 Å². The summed E-state index contributed by atoms with van der Waals surface area (Å²) in [4.78, 5) is 12.0. The highest BCUT2D eigenvalue weighted by Crippen LogP contribution is 2.23. The van der Waals surface area contributed by atoms with Crippen LogP contribution in [0, 0.1) is 0 Å². The molecule has 1 amide bonds. The van der Waals surface area contributed by atoms with E-state index in [0.717, 1.165) is 15.7 Å². The van der Waals surface area contributed by atoms with Crippen molar-refractivity contribution in [3.8, 4) is 11.3 Å². The monoisotopic (exact) mass is 433 g/mol. The molecule has 4 nitrogen and oxygen atoms in total. The lowest BCUT2D eigenvalue weighted by Crippen LogP contribution is -2.14. The van der Waals surface area contributed by atoms with E-state index < -0.39 is 0 Å². The van der Waals surface area contributed by atoms with Gasteiger partial charge in [-0.1, -0.05) is 63.6 Å². The second kappa shape index (κ2) is 8.47. The second-order valence-corrected chi connectivity index (χ2v) is 7.40. The van der Waals surface area contributed by atoms with Crippen LogP contribution in [0.15, 0.2) is 70.2 Å². The van der Waals surface area contributed by atoms with Crippen molar-refractivity contribution in [2.24, 2.45) is 0 Å². The van der Waals surface area contributed by atoms with Crippen molar-refractivity contribution in [1.82, 2.24) is 10.2 Å². The molecule has 0 radical (unpaired) electrons. The Morgan fingerprint density at radius 2 is 1.80 bits per heavy atom. The van der Waals surface area contributed by atoms with Crippen molar-refractivity contribution in [2.45, 2.75) is 5.03 Å². The number of nitrogens with one attached hydrogen (secondary N) is 1. The fraction of sp³-hybridized carbons (Fsp3) is 0.0556. The SMILES string of the molecule is O=C(CSc1ccc(-c2ccc(Br)cc2)nn1)Nc1ccccc1Cl. The smallest absolute Gasteiger partial charge is 0.234 e. The van der Waals surface area contributed by atoms with E-state index >= 15 is 0 Å². The molecule has 0 fully saturated rings. The minimum Gasteiger partial charge on any atom is -0.324 e. The van der Waals surface area contributed by atoms with Gasteiger partial charge in [0.1, 0.15) is 5.03 Å². The summed E-state index contributed by atoms with van der Waals surface area (Å²) in [5.74, 6) is 0.0919. The molecule has 25 heavy (non-hydrogen) atoms. The van der Waals surface area contributed by atoms with E-state index in [1.165, 1.54) is 11.8 Å². The van der Waals surface area contributed by atoms with Gasteiger partial charge in [-0.15, -0.1) is 10.2 Å². The van der Waals surface area contributed by atoms with Crippen molar-refractivity contribution < 1.29 is 4.79 Å². The third kappa shape index (κ3) is 5.04. The summed E-state index contributed by atoms with van der Waals surface area (Å²) in [7, 11) is 0. The Hall–Kier alpha value is -1.89. The van der Waals surface area contributed by atoms with Crippen LogP contribution in [0.25, 0.3) is 11.3 Å². The number of benzene rings is 2. The molecule has 3 rings (SSSR count). The van der Waals surface area contributed by atoms with Crippen molar-refractivity contribution in [1.29, 1.82) is 0 Å². The summed E-state index contributed by atoms with van der Waals surface area (Å²) in [6.07, 6.45) is 0. The summed E-state index contributed by atoms with van der Waals surface area (Å²) < 4.78 is 1.01. The van der Waals surface area contributed by atoms with Crippen LogP contribution in [-0.2, 0) is 4.79 Å². The number of anilines is 1. The Labute approximate surface area is 163 Å². The minimum atomic E-state index is -0.142. The molecule has 1 aromatic heterocycles. The van der Waals surface area contributed by atoms with Crippen molar-refractivity contribution in [3.63, 3.8) is 0 Å². The number of nitrogens with zero attached hydrogens (tertiary/aromatic N) is 2. The van der Waals surface area contributed by atoms with Crippen LogP contribution in [-0.4, -0.2) is 21.9 Å². The largest absolute Gasteiger partial charge is 0.324 e. The lowest BCUT2D eigenvalue weighted by molar-refractivity contribution is -0.113. The highest BCUT2D eigenvalue weighted by molar-refractivity contribution is 9.10. The predicted octanol–water partition coefficient (Wildman–Crippen LogP) is 5.29. The number of thioether (sulfide) groups is 1. The van der Waals surface area contributed by atoms with Gasteiger partial charge in [0.2, 0.25) is 5.91 Å². The number of aromatic nitrogens is 2. The Balaban J connectivity index is 1.57. The van der Waals surface area contributed by atoms with E-state index in [9.17, 15) is 4.79 Å². The molecule has 0 spiro atoms. The summed E-state index contributed by atoms with van der Waals surface area (Å²) in [5.41, 5.74) is 2.38. The highest BCUT2D eigenvalue weighted by Gasteiger charge is 2.08. The van der Waals surface area contributed by atoms with Gasteiger partial charge < -0.3 is 5.32 Å². The van der Waals surface area contributed by atoms with Gasteiger partial charge in [0.25, 0.3) is 0 Å². The molecule has 1 N–H and O–H groups in total. The fourth-order valence-electron chi connectivity index (χ4n) is 2.06. The fourth-order valence-corrected chi connectivity index (χ4v) is 3.12. The number of hydrogen-bond donors (Lipinski definition) is 1. The molecule has 0 aliphatic heterocycles. The minimum absolute atomic E-state index is 0.142. The van der Waals surface area contributed by atoms with E-state index in [1.807, 2.05) is 48.5 Å². The molecule has 0 saturated heterocycles. The first-order valence-electron chi connectivity index (χ1n) is 7.39. The normalized spacial score (nSPS) is 10.5. The van der Waals surface area contributed by atoms with Crippen LogP contribution in [0.5, 0.6) is 0 Å². The first-order chi connectivity index (χ1) is 12.1. The zero-order chi connectivity index (χ0) is 17.6. The lowest BCUT2D eigenvalue weighted by atomic mass is 10.1. The molecule has 0 bridgehead atoms. The summed E-state index contributed by atoms with van der Waals surface area (Å²) >= 11 is 10.8. The number of hydrogen-bond acceptors (Lipinski definition) is 4. The number of carbonyl (C=O) groups is 1. The van der Waals surface area contributed by atoms with Crippen molar-refractivity contribution in [3.05, 3.63) is 70.2 Å². The molecule has 126 valence electrons. The molecule has 3 aromatic rings. The molecule has 2 aromatic carbocycles. The Bertz CT molecular complexity index is 872. The maximum absolute atomic E-state index is 12.0. The number of amides is 1. The van der Waals surface area contributed by atoms with Gasteiger partial charge in [-0.3, -0.25) is 4.79 Å². The highest BCUT2D eigenvalue weighted by atomic mass is 79.9. The number of carbonyl (C=O) groups excluding carboxylic acids is 1. The van der Waals surface area contributed by atoms with Gasteiger partial charge in [0.15, 0.2) is 0 Å². The van der Waals surface area contributed by atoms with Gasteiger partial charge in [-0.05, 0) is 36.4 Å². The molecule has 1 heterocycles. The van der Waals surface area contributed by atoms with Gasteiger partial charge >= 0.3 is 0 Å². The van der Waals surface area contributed by atoms with E-state index in [2.05, 4.69) is 31.4 Å². The number of para-hydroxylation sites is 1. The van der Waals surface area contributed by atoms with Crippen LogP contribution in [0.2, 0.25) is 5.02 Å². The van der Waals surface area contributed by atoms with Crippen LogP contribution >= 0.6 is 39.3 Å². The third-order valence-corrected chi connectivity index (χ3v) is 5.06. The number of halogens is 2. The van der Waals surface area contributed by atoms with E-state index in [4.69, 9.17) is 11.6 Å². The van der Waals surface area contributed by atoms with Crippen molar-refractivity contribution >= 4 is 50.9 Å². The first kappa shape index (κ1) is 17.9. The molecule has 0 aliphatic carbocycles. The predicted molar refractivity (Wildman–Crippen MR) is 106 cm³/mol. The summed E-state index contributed by atoms with van der Waals surface area (Å²) in [6.45, 7) is 0. The Morgan fingerprint density at radius 3 is 2.48 bits per heavy atom. The lowest BCUT2D eigenvalue weighted by Gasteiger charge is -2.06. The quantitative estimate of drug-likeness (QED) is 0.554. The second-order valence-electron chi connectivity index (χ2n) is 5.08. The molecule has 0 unspecified atom stereocenters. The third-order valence-electron chi connectivity index (χ3n) is 3.28. The average Bonchev–Trinajstić information content (AvgIpc) is 2.63. The maximum atomic E-state index is 12.0. The van der Waals surface area contributed by atoms with Gasteiger partial charge in [-0.2, -0.15) is 0 Å². The number of rotatable bonds is 5. The van der Waals surface area contributed by atoms with Crippen LogP contribution in [0.4, 0.5) is 5.69 Å². The summed E-state index contributed by atoms with van der Waals surface area (Å²) in [6, 6.07) is 18.7. The van der Waals surface area contributed by atoms with E-state index in [0.29, 0.717) is 15.7 Å². The molecule has 0 atom stereocenters. The van der Waals surface area contributed by atoms with Gasteiger partial charge in [0.05, 0.1) is 22.2 Å². The summed E-state index contributed by atoms with van der Waals surface area (Å²) in [5, 5.41) is 12.4. The molecular formula is C18H13BrClN3OS. The van der Waals surface area contributed by atoms with Crippen LogP contribution in [0.3, 0.4) is 0 Å². The first-order valence-corrected chi connectivity index (χ1v) is 9.54. The molecule has 0 saturated carbocycles. The van der Waals surface area contributed by atoms with E-state index in [-0.39, 0.29) is 11.7 Å². The Morgan fingerprint density at radius 1 is 1.04 bits per heavy atom. The van der Waals surface area contributed by atoms with Gasteiger partial charge in [-0.25, -0.2) is 0 Å². The van der Waals surface area contributed by atoms with Gasteiger partial charge in [0, 0.05) is 10.0 Å². The molecule has 7 heteroatoms. The van der Waals surface area contributed by atoms with E-state index in [1.54, 1.807) is 12.1 Å². The van der Waals surface area contributed by atoms with Crippen LogP contribution in [0.1, 0.15) is 0 Å². The zero-order valence-electron chi connectivity index (χ0n) is 12.9. The van der Waals surface area contributed by atoms with Crippen LogP contribution < -0.4 is 5.32 Å².